The van der Waals surface area contributed by atoms with Gasteiger partial charge in [-0.1, -0.05) is 6.92 Å². The molecule has 0 aromatic carbocycles. The summed E-state index contributed by atoms with van der Waals surface area (Å²) in [6.07, 6.45) is 2.66. The van der Waals surface area contributed by atoms with Crippen molar-refractivity contribution < 1.29 is 18.3 Å². The second kappa shape index (κ2) is 4.73. The topological polar surface area (TPSA) is 71.4 Å². The molecule has 1 rings (SSSR count). The number of carbonyl (C=O) groups is 1. The Morgan fingerprint density at radius 2 is 1.94 bits per heavy atom. The third kappa shape index (κ3) is 3.20. The fourth-order valence-electron chi connectivity index (χ4n) is 1.99. The second-order valence-corrected chi connectivity index (χ2v) is 7.20. The number of hydrogen-bond donors (Lipinski definition) is 1. The van der Waals surface area contributed by atoms with E-state index in [1.54, 1.807) is 6.92 Å². The minimum Gasteiger partial charge on any atom is -0.481 e. The van der Waals surface area contributed by atoms with Gasteiger partial charge in [0.2, 0.25) is 0 Å². The smallest absolute Gasteiger partial charge is 0.309 e. The first-order valence-corrected chi connectivity index (χ1v) is 7.58. The lowest BCUT2D eigenvalue weighted by atomic mass is 9.82. The molecular weight excluding hydrogens is 228 g/mol. The predicted molar refractivity (Wildman–Crippen MR) is 62.0 cm³/mol. The Balaban J connectivity index is 2.61. The molecule has 0 bridgehead atoms. The molecular formula is C11H20O4S. The van der Waals surface area contributed by atoms with E-state index in [-0.39, 0.29) is 23.8 Å². The standard InChI is InChI=1S/C11H20O4S/c1-3-7-16(14,15)8-6-11(2,10(12)13)9-4-5-9/h9H,3-8H2,1-2H3,(H,12,13). The highest BCUT2D eigenvalue weighted by Gasteiger charge is 2.47. The Bertz CT molecular complexity index is 356. The van der Waals surface area contributed by atoms with Gasteiger partial charge in [-0.2, -0.15) is 0 Å². The van der Waals surface area contributed by atoms with Crippen molar-refractivity contribution in [3.05, 3.63) is 0 Å². The molecule has 0 amide bonds. The van der Waals surface area contributed by atoms with E-state index in [0.29, 0.717) is 6.42 Å². The third-order valence-corrected chi connectivity index (χ3v) is 5.27. The van der Waals surface area contributed by atoms with E-state index < -0.39 is 21.2 Å². The number of carboxylic acids is 1. The second-order valence-electron chi connectivity index (χ2n) is 4.90. The maximum Gasteiger partial charge on any atom is 0.309 e. The highest BCUT2D eigenvalue weighted by atomic mass is 32.2. The molecule has 0 spiro atoms. The molecule has 1 unspecified atom stereocenters. The quantitative estimate of drug-likeness (QED) is 0.744. The number of carboxylic acid groups (broad SMARTS) is 1. The van der Waals surface area contributed by atoms with Gasteiger partial charge in [0.05, 0.1) is 11.2 Å². The summed E-state index contributed by atoms with van der Waals surface area (Å²) in [7, 11) is -3.07. The van der Waals surface area contributed by atoms with Crippen LogP contribution in [0.3, 0.4) is 0 Å². The predicted octanol–water partition coefficient (Wildman–Crippen LogP) is 1.70. The number of aliphatic carboxylic acids is 1. The first-order valence-electron chi connectivity index (χ1n) is 5.75. The van der Waals surface area contributed by atoms with Gasteiger partial charge >= 0.3 is 5.97 Å². The molecule has 0 saturated heterocycles. The molecule has 94 valence electrons. The van der Waals surface area contributed by atoms with E-state index in [0.717, 1.165) is 12.8 Å². The maximum atomic E-state index is 11.5. The summed E-state index contributed by atoms with van der Waals surface area (Å²) >= 11 is 0. The van der Waals surface area contributed by atoms with Gasteiger partial charge in [-0.15, -0.1) is 0 Å². The highest BCUT2D eigenvalue weighted by molar-refractivity contribution is 7.91. The van der Waals surface area contributed by atoms with Crippen molar-refractivity contribution in [1.82, 2.24) is 0 Å². The summed E-state index contributed by atoms with van der Waals surface area (Å²) in [5.74, 6) is -0.531. The van der Waals surface area contributed by atoms with Crippen molar-refractivity contribution in [2.45, 2.75) is 39.5 Å². The molecule has 16 heavy (non-hydrogen) atoms. The van der Waals surface area contributed by atoms with E-state index in [1.807, 2.05) is 6.92 Å². The Kier molecular flexibility index (Phi) is 3.99. The van der Waals surface area contributed by atoms with E-state index >= 15 is 0 Å². The molecule has 0 aliphatic heterocycles. The minimum atomic E-state index is -3.07. The summed E-state index contributed by atoms with van der Waals surface area (Å²) in [6.45, 7) is 3.49. The lowest BCUT2D eigenvalue weighted by Crippen LogP contribution is -2.32. The lowest BCUT2D eigenvalue weighted by Gasteiger charge is -2.24. The molecule has 0 heterocycles. The van der Waals surface area contributed by atoms with E-state index in [2.05, 4.69) is 0 Å². The van der Waals surface area contributed by atoms with Crippen LogP contribution < -0.4 is 0 Å². The van der Waals surface area contributed by atoms with Crippen molar-refractivity contribution in [3.63, 3.8) is 0 Å². The summed E-state index contributed by atoms with van der Waals surface area (Å²) in [5, 5.41) is 9.17. The highest BCUT2D eigenvalue weighted by Crippen LogP contribution is 2.47. The molecule has 1 saturated carbocycles. The Labute approximate surface area is 97.0 Å². The zero-order valence-electron chi connectivity index (χ0n) is 9.90. The van der Waals surface area contributed by atoms with Gasteiger partial charge in [0.15, 0.2) is 0 Å². The molecule has 4 nitrogen and oxygen atoms in total. The SMILES string of the molecule is CCCS(=O)(=O)CCC(C)(C(=O)O)C1CC1. The first kappa shape index (κ1) is 13.5. The Morgan fingerprint density at radius 3 is 2.31 bits per heavy atom. The molecule has 5 heteroatoms. The van der Waals surface area contributed by atoms with E-state index in [9.17, 15) is 18.3 Å². The summed E-state index contributed by atoms with van der Waals surface area (Å²) in [4.78, 5) is 11.2. The average Bonchev–Trinajstić information content (AvgIpc) is 2.97. The van der Waals surface area contributed by atoms with Crippen molar-refractivity contribution >= 4 is 15.8 Å². The van der Waals surface area contributed by atoms with Crippen LogP contribution in [-0.2, 0) is 14.6 Å². The van der Waals surface area contributed by atoms with Gasteiger partial charge in [0.1, 0.15) is 9.84 Å². The van der Waals surface area contributed by atoms with Gasteiger partial charge < -0.3 is 5.11 Å². The van der Waals surface area contributed by atoms with Crippen LogP contribution in [0.4, 0.5) is 0 Å². The molecule has 1 atom stereocenters. The fraction of sp³-hybridized carbons (Fsp3) is 0.909. The van der Waals surface area contributed by atoms with Gasteiger partial charge in [-0.05, 0) is 38.5 Å². The van der Waals surface area contributed by atoms with Crippen LogP contribution in [0.25, 0.3) is 0 Å². The zero-order valence-corrected chi connectivity index (χ0v) is 10.7. The first-order chi connectivity index (χ1) is 7.32. The lowest BCUT2D eigenvalue weighted by molar-refractivity contribution is -0.149. The van der Waals surface area contributed by atoms with E-state index in [4.69, 9.17) is 0 Å². The van der Waals surface area contributed by atoms with Crippen molar-refractivity contribution in [3.8, 4) is 0 Å². The van der Waals surface area contributed by atoms with Gasteiger partial charge in [-0.3, -0.25) is 4.79 Å². The fourth-order valence-corrected chi connectivity index (χ4v) is 3.55. The third-order valence-electron chi connectivity index (χ3n) is 3.41. The Morgan fingerprint density at radius 1 is 1.38 bits per heavy atom. The summed E-state index contributed by atoms with van der Waals surface area (Å²) in [5.41, 5.74) is -0.846. The van der Waals surface area contributed by atoms with E-state index in [1.165, 1.54) is 0 Å². The van der Waals surface area contributed by atoms with Crippen LogP contribution >= 0.6 is 0 Å². The molecule has 1 N–H and O–H groups in total. The number of rotatable bonds is 7. The van der Waals surface area contributed by atoms with Crippen molar-refractivity contribution in [2.24, 2.45) is 11.3 Å². The van der Waals surface area contributed by atoms with Crippen molar-refractivity contribution in [1.29, 1.82) is 0 Å². The molecule has 0 aromatic heterocycles. The van der Waals surface area contributed by atoms with Crippen LogP contribution in [0.15, 0.2) is 0 Å². The zero-order chi connectivity index (χ0) is 12.4. The van der Waals surface area contributed by atoms with Gasteiger partial charge in [-0.25, -0.2) is 8.42 Å². The largest absolute Gasteiger partial charge is 0.481 e. The maximum absolute atomic E-state index is 11.5. The molecule has 1 aliphatic rings. The van der Waals surface area contributed by atoms with Crippen LogP contribution in [0.5, 0.6) is 0 Å². The molecule has 0 radical (unpaired) electrons. The van der Waals surface area contributed by atoms with Crippen LogP contribution in [0, 0.1) is 11.3 Å². The molecule has 0 aromatic rings. The summed E-state index contributed by atoms with van der Waals surface area (Å²) in [6, 6.07) is 0. The van der Waals surface area contributed by atoms with Crippen molar-refractivity contribution in [2.75, 3.05) is 11.5 Å². The summed E-state index contributed by atoms with van der Waals surface area (Å²) < 4.78 is 23.1. The number of sulfone groups is 1. The molecule has 1 aliphatic carbocycles. The molecule has 1 fully saturated rings. The Hall–Kier alpha value is -0.580. The van der Waals surface area contributed by atoms with Gasteiger partial charge in [0, 0.05) is 5.75 Å². The van der Waals surface area contributed by atoms with Crippen LogP contribution in [0.1, 0.15) is 39.5 Å². The normalized spacial score (nSPS) is 20.4. The van der Waals surface area contributed by atoms with Crippen LogP contribution in [0.2, 0.25) is 0 Å². The minimum absolute atomic E-state index is 0.000139. The number of hydrogen-bond acceptors (Lipinski definition) is 3. The monoisotopic (exact) mass is 248 g/mol. The van der Waals surface area contributed by atoms with Gasteiger partial charge in [0.25, 0.3) is 0 Å². The van der Waals surface area contributed by atoms with Crippen LogP contribution in [-0.4, -0.2) is 31.0 Å². The average molecular weight is 248 g/mol.